The van der Waals surface area contributed by atoms with Gasteiger partial charge in [0, 0.05) is 5.75 Å². The summed E-state index contributed by atoms with van der Waals surface area (Å²) in [5.41, 5.74) is 0.937. The van der Waals surface area contributed by atoms with Gasteiger partial charge in [0.05, 0.1) is 13.2 Å². The normalized spacial score (nSPS) is 12.4. The molecule has 1 atom stereocenters. The van der Waals surface area contributed by atoms with Crippen LogP contribution in [0.5, 0.6) is 5.75 Å². The molecule has 0 aliphatic heterocycles. The number of methoxy groups -OCH3 is 1. The third kappa shape index (κ3) is 5.46. The molecule has 1 aromatic rings. The van der Waals surface area contributed by atoms with Gasteiger partial charge in [0.1, 0.15) is 5.75 Å². The van der Waals surface area contributed by atoms with Gasteiger partial charge in [0.15, 0.2) is 0 Å². The number of aliphatic hydroxyl groups excluding tert-OH is 1. The Balaban J connectivity index is 2.33. The number of ether oxygens (including phenoxy) is 1. The number of hydrogen-bond acceptors (Lipinski definition) is 3. The van der Waals surface area contributed by atoms with Gasteiger partial charge in [-0.1, -0.05) is 31.9 Å². The first kappa shape index (κ1) is 14.4. The van der Waals surface area contributed by atoms with Crippen LogP contribution in [0, 0.1) is 0 Å². The maximum atomic E-state index is 10.0. The van der Waals surface area contributed by atoms with E-state index in [0.717, 1.165) is 22.8 Å². The molecule has 0 saturated heterocycles. The largest absolute Gasteiger partial charge is 0.497 e. The van der Waals surface area contributed by atoms with Crippen LogP contribution in [0.15, 0.2) is 24.3 Å². The molecule has 1 N–H and O–H groups in total. The zero-order valence-electron chi connectivity index (χ0n) is 10.7. The summed E-state index contributed by atoms with van der Waals surface area (Å²) in [6, 6.07) is 7.65. The van der Waals surface area contributed by atoms with Crippen molar-refractivity contribution in [1.82, 2.24) is 0 Å². The fraction of sp³-hybridized carbons (Fsp3) is 0.571. The number of rotatable bonds is 8. The van der Waals surface area contributed by atoms with Gasteiger partial charge in [-0.25, -0.2) is 0 Å². The molecule has 1 unspecified atom stereocenters. The SMILES string of the molecule is CCCCCSCC(O)c1cccc(OC)c1. The van der Waals surface area contributed by atoms with Crippen LogP contribution in [-0.4, -0.2) is 23.7 Å². The van der Waals surface area contributed by atoms with Gasteiger partial charge >= 0.3 is 0 Å². The molecule has 0 radical (unpaired) electrons. The van der Waals surface area contributed by atoms with E-state index >= 15 is 0 Å². The number of unbranched alkanes of at least 4 members (excludes halogenated alkanes) is 2. The minimum atomic E-state index is -0.392. The van der Waals surface area contributed by atoms with E-state index in [0.29, 0.717) is 0 Å². The lowest BCUT2D eigenvalue weighted by molar-refractivity contribution is 0.203. The van der Waals surface area contributed by atoms with Crippen molar-refractivity contribution >= 4 is 11.8 Å². The van der Waals surface area contributed by atoms with Crippen molar-refractivity contribution in [2.45, 2.75) is 32.3 Å². The minimum absolute atomic E-state index is 0.392. The lowest BCUT2D eigenvalue weighted by Gasteiger charge is -2.11. The molecule has 0 fully saturated rings. The third-order valence-electron chi connectivity index (χ3n) is 2.65. The summed E-state index contributed by atoms with van der Waals surface area (Å²) in [4.78, 5) is 0. The summed E-state index contributed by atoms with van der Waals surface area (Å²) < 4.78 is 5.14. The quantitative estimate of drug-likeness (QED) is 0.718. The molecule has 0 saturated carbocycles. The highest BCUT2D eigenvalue weighted by molar-refractivity contribution is 7.99. The van der Waals surface area contributed by atoms with Crippen LogP contribution in [-0.2, 0) is 0 Å². The fourth-order valence-electron chi connectivity index (χ4n) is 1.59. The van der Waals surface area contributed by atoms with Crippen molar-refractivity contribution < 1.29 is 9.84 Å². The monoisotopic (exact) mass is 254 g/mol. The Hall–Kier alpha value is -0.670. The van der Waals surface area contributed by atoms with Gasteiger partial charge in [-0.15, -0.1) is 0 Å². The molecule has 0 aliphatic rings. The fourth-order valence-corrected chi connectivity index (χ4v) is 2.58. The molecular formula is C14H22O2S. The predicted octanol–water partition coefficient (Wildman–Crippen LogP) is 3.65. The van der Waals surface area contributed by atoms with Crippen molar-refractivity contribution in [1.29, 1.82) is 0 Å². The average molecular weight is 254 g/mol. The summed E-state index contributed by atoms with van der Waals surface area (Å²) in [6.45, 7) is 2.20. The topological polar surface area (TPSA) is 29.5 Å². The van der Waals surface area contributed by atoms with Crippen molar-refractivity contribution in [3.8, 4) is 5.75 Å². The van der Waals surface area contributed by atoms with Crippen LogP contribution in [0.3, 0.4) is 0 Å². The van der Waals surface area contributed by atoms with Gasteiger partial charge in [0.2, 0.25) is 0 Å². The first-order chi connectivity index (χ1) is 8.27. The second-order valence-corrected chi connectivity index (χ2v) is 5.22. The third-order valence-corrected chi connectivity index (χ3v) is 3.78. The summed E-state index contributed by atoms with van der Waals surface area (Å²) in [7, 11) is 1.64. The van der Waals surface area contributed by atoms with Gasteiger partial charge in [-0.2, -0.15) is 11.8 Å². The Morgan fingerprint density at radius 1 is 1.35 bits per heavy atom. The van der Waals surface area contributed by atoms with E-state index < -0.39 is 6.10 Å². The molecule has 0 amide bonds. The molecule has 1 rings (SSSR count). The van der Waals surface area contributed by atoms with Crippen LogP contribution in [0.25, 0.3) is 0 Å². The molecule has 0 bridgehead atoms. The Bertz CT molecular complexity index is 315. The lowest BCUT2D eigenvalue weighted by Crippen LogP contribution is -2.01. The van der Waals surface area contributed by atoms with Gasteiger partial charge in [-0.05, 0) is 29.9 Å². The van der Waals surface area contributed by atoms with Gasteiger partial charge in [-0.3, -0.25) is 0 Å². The van der Waals surface area contributed by atoms with Crippen LogP contribution in [0.1, 0.15) is 37.9 Å². The highest BCUT2D eigenvalue weighted by Crippen LogP contribution is 2.22. The first-order valence-electron chi connectivity index (χ1n) is 6.17. The van der Waals surface area contributed by atoms with E-state index in [9.17, 15) is 5.11 Å². The van der Waals surface area contributed by atoms with Crippen molar-refractivity contribution in [2.24, 2.45) is 0 Å². The van der Waals surface area contributed by atoms with Crippen LogP contribution >= 0.6 is 11.8 Å². The molecular weight excluding hydrogens is 232 g/mol. The number of hydrogen-bond donors (Lipinski definition) is 1. The maximum absolute atomic E-state index is 10.0. The van der Waals surface area contributed by atoms with Crippen molar-refractivity contribution in [3.05, 3.63) is 29.8 Å². The highest BCUT2D eigenvalue weighted by Gasteiger charge is 2.08. The van der Waals surface area contributed by atoms with E-state index in [2.05, 4.69) is 6.92 Å². The summed E-state index contributed by atoms with van der Waals surface area (Å²) >= 11 is 1.82. The first-order valence-corrected chi connectivity index (χ1v) is 7.33. The molecule has 96 valence electrons. The summed E-state index contributed by atoms with van der Waals surface area (Å²) in [6.07, 6.45) is 3.38. The molecule has 17 heavy (non-hydrogen) atoms. The predicted molar refractivity (Wildman–Crippen MR) is 74.8 cm³/mol. The molecule has 0 heterocycles. The summed E-state index contributed by atoms with van der Waals surface area (Å²) in [5.74, 6) is 2.70. The zero-order valence-corrected chi connectivity index (χ0v) is 11.5. The molecule has 3 heteroatoms. The standard InChI is InChI=1S/C14H22O2S/c1-3-4-5-9-17-11-14(15)12-7-6-8-13(10-12)16-2/h6-8,10,14-15H,3-5,9,11H2,1-2H3. The van der Waals surface area contributed by atoms with E-state index in [4.69, 9.17) is 4.74 Å². The Kier molecular flexibility index (Phi) is 7.13. The molecule has 0 spiro atoms. The maximum Gasteiger partial charge on any atom is 0.119 e. The Labute approximate surface area is 108 Å². The second-order valence-electron chi connectivity index (χ2n) is 4.07. The highest BCUT2D eigenvalue weighted by atomic mass is 32.2. The number of benzene rings is 1. The average Bonchev–Trinajstić information content (AvgIpc) is 2.38. The minimum Gasteiger partial charge on any atom is -0.497 e. The Morgan fingerprint density at radius 2 is 2.18 bits per heavy atom. The lowest BCUT2D eigenvalue weighted by atomic mass is 10.1. The summed E-state index contributed by atoms with van der Waals surface area (Å²) in [5, 5.41) is 10.0. The van der Waals surface area contributed by atoms with E-state index in [1.54, 1.807) is 7.11 Å². The molecule has 0 aromatic heterocycles. The smallest absolute Gasteiger partial charge is 0.119 e. The number of thioether (sulfide) groups is 1. The molecule has 2 nitrogen and oxygen atoms in total. The van der Waals surface area contributed by atoms with Crippen molar-refractivity contribution in [2.75, 3.05) is 18.6 Å². The molecule has 0 aliphatic carbocycles. The zero-order chi connectivity index (χ0) is 12.5. The Morgan fingerprint density at radius 3 is 2.88 bits per heavy atom. The second kappa shape index (κ2) is 8.43. The van der Waals surface area contributed by atoms with Crippen molar-refractivity contribution in [3.63, 3.8) is 0 Å². The van der Waals surface area contributed by atoms with Gasteiger partial charge in [0.25, 0.3) is 0 Å². The van der Waals surface area contributed by atoms with E-state index in [1.807, 2.05) is 36.0 Å². The van der Waals surface area contributed by atoms with Crippen LogP contribution < -0.4 is 4.74 Å². The number of aliphatic hydroxyl groups is 1. The van der Waals surface area contributed by atoms with Crippen LogP contribution in [0.2, 0.25) is 0 Å². The van der Waals surface area contributed by atoms with E-state index in [1.165, 1.54) is 19.3 Å². The van der Waals surface area contributed by atoms with Crippen LogP contribution in [0.4, 0.5) is 0 Å². The molecule has 1 aromatic carbocycles. The van der Waals surface area contributed by atoms with Gasteiger partial charge < -0.3 is 9.84 Å². The van der Waals surface area contributed by atoms with E-state index in [-0.39, 0.29) is 0 Å².